The summed E-state index contributed by atoms with van der Waals surface area (Å²) in [4.78, 5) is 2.46. The lowest BCUT2D eigenvalue weighted by atomic mass is 9.77. The van der Waals surface area contributed by atoms with E-state index in [1.165, 1.54) is 134 Å². The SMILES string of the molecule is Cc1ccc(C(c2ccc3c(c2)C(C)(C)c2cc(/C=C/c4ccc5c(c4)C(C)(C)c4cc(N(c6ccc(C)cc6C)c6ccc(C)cc6C)ccc4-5)ccc2-3)c2ccc(C)cc2C)c(C)c1. The van der Waals surface area contributed by atoms with Gasteiger partial charge in [-0.3, -0.25) is 0 Å². The molecule has 0 saturated heterocycles. The van der Waals surface area contributed by atoms with Gasteiger partial charge in [0.15, 0.2) is 0 Å². The maximum atomic E-state index is 2.52. The summed E-state index contributed by atoms with van der Waals surface area (Å²) in [6.45, 7) is 27.3. The van der Waals surface area contributed by atoms with E-state index >= 15 is 0 Å². The summed E-state index contributed by atoms with van der Waals surface area (Å²) in [6, 6.07) is 56.1. The number of hydrogen-bond donors (Lipinski definition) is 0. The van der Waals surface area contributed by atoms with Gasteiger partial charge in [0.1, 0.15) is 0 Å². The van der Waals surface area contributed by atoms with Crippen LogP contribution in [0, 0.1) is 55.4 Å². The Morgan fingerprint density at radius 2 is 0.742 bits per heavy atom. The van der Waals surface area contributed by atoms with E-state index in [1.807, 2.05) is 0 Å². The molecule has 2 aliphatic rings. The van der Waals surface area contributed by atoms with Crippen LogP contribution in [-0.4, -0.2) is 0 Å². The molecule has 1 heteroatoms. The second-order valence-corrected chi connectivity index (χ2v) is 20.8. The van der Waals surface area contributed by atoms with Crippen molar-refractivity contribution in [1.29, 1.82) is 0 Å². The van der Waals surface area contributed by atoms with Crippen molar-refractivity contribution in [3.05, 3.63) is 240 Å². The Morgan fingerprint density at radius 3 is 1.18 bits per heavy atom. The Balaban J connectivity index is 0.957. The van der Waals surface area contributed by atoms with Crippen molar-refractivity contribution in [2.75, 3.05) is 4.90 Å². The number of hydrogen-bond acceptors (Lipinski definition) is 1. The van der Waals surface area contributed by atoms with Gasteiger partial charge in [-0.1, -0.05) is 183 Å². The number of benzene rings is 8. The Bertz CT molecular complexity index is 2970. The molecular formula is C65H63N. The maximum Gasteiger partial charge on any atom is 0.0491 e. The summed E-state index contributed by atoms with van der Waals surface area (Å²) in [5.41, 5.74) is 31.1. The lowest BCUT2D eigenvalue weighted by Gasteiger charge is -2.30. The topological polar surface area (TPSA) is 3.24 Å². The van der Waals surface area contributed by atoms with Gasteiger partial charge in [0.2, 0.25) is 0 Å². The quantitative estimate of drug-likeness (QED) is 0.109. The molecule has 0 aliphatic heterocycles. The first-order chi connectivity index (χ1) is 31.5. The fraction of sp³-hybridized carbons (Fsp3) is 0.231. The minimum atomic E-state index is -0.168. The molecule has 0 spiro atoms. The zero-order valence-electron chi connectivity index (χ0n) is 41.0. The van der Waals surface area contributed by atoms with E-state index in [0.717, 1.165) is 0 Å². The van der Waals surface area contributed by atoms with E-state index in [4.69, 9.17) is 0 Å². The molecular weight excluding hydrogens is 795 g/mol. The third kappa shape index (κ3) is 7.25. The summed E-state index contributed by atoms with van der Waals surface area (Å²) in [5.74, 6) is 0.155. The fourth-order valence-electron chi connectivity index (χ4n) is 11.6. The summed E-state index contributed by atoms with van der Waals surface area (Å²) in [5, 5.41) is 0. The predicted molar refractivity (Wildman–Crippen MR) is 283 cm³/mol. The van der Waals surface area contributed by atoms with E-state index in [9.17, 15) is 0 Å². The highest BCUT2D eigenvalue weighted by atomic mass is 15.1. The van der Waals surface area contributed by atoms with E-state index in [1.54, 1.807) is 0 Å². The maximum absolute atomic E-state index is 2.52. The molecule has 0 N–H and O–H groups in total. The lowest BCUT2D eigenvalue weighted by Crippen LogP contribution is -2.17. The third-order valence-corrected chi connectivity index (χ3v) is 15.1. The molecule has 0 heterocycles. The van der Waals surface area contributed by atoms with Crippen LogP contribution in [-0.2, 0) is 10.8 Å². The van der Waals surface area contributed by atoms with Crippen LogP contribution in [0.5, 0.6) is 0 Å². The second-order valence-electron chi connectivity index (χ2n) is 20.8. The molecule has 8 aromatic carbocycles. The lowest BCUT2D eigenvalue weighted by molar-refractivity contribution is 0.658. The molecule has 0 bridgehead atoms. The fourth-order valence-corrected chi connectivity index (χ4v) is 11.6. The zero-order chi connectivity index (χ0) is 46.4. The smallest absolute Gasteiger partial charge is 0.0491 e. The Hall–Kier alpha value is -6.70. The highest BCUT2D eigenvalue weighted by Crippen LogP contribution is 2.53. The number of rotatable bonds is 8. The van der Waals surface area contributed by atoms with Gasteiger partial charge in [-0.05, 0) is 174 Å². The Kier molecular flexibility index (Phi) is 10.5. The average molecular weight is 858 g/mol. The van der Waals surface area contributed by atoms with E-state index in [0.29, 0.717) is 0 Å². The molecule has 0 amide bonds. The standard InChI is InChI=1S/C65H63N/c1-39-13-23-51(43(5)31-39)63(52-24-14-40(2)32-44(52)6)49-21-27-55-53-25-19-47(35-57(53)64(9,10)59(55)37-49)17-18-48-20-26-54-56-28-22-50(38-60(56)65(11,12)58(54)36-48)66(61-29-15-41(3)33-45(61)7)62-30-16-42(4)34-46(62)8/h13-38,63H,1-12H3/b18-17+. The Morgan fingerprint density at radius 1 is 0.364 bits per heavy atom. The highest BCUT2D eigenvalue weighted by Gasteiger charge is 2.38. The molecule has 0 aromatic heterocycles. The van der Waals surface area contributed by atoms with Crippen molar-refractivity contribution in [3.8, 4) is 22.3 Å². The molecule has 0 fully saturated rings. The highest BCUT2D eigenvalue weighted by molar-refractivity contribution is 5.88. The van der Waals surface area contributed by atoms with Crippen LogP contribution < -0.4 is 4.90 Å². The van der Waals surface area contributed by atoms with Crippen molar-refractivity contribution in [1.82, 2.24) is 0 Å². The molecule has 66 heavy (non-hydrogen) atoms. The first-order valence-electron chi connectivity index (χ1n) is 23.9. The van der Waals surface area contributed by atoms with Gasteiger partial charge in [-0.15, -0.1) is 0 Å². The van der Waals surface area contributed by atoms with Gasteiger partial charge in [0, 0.05) is 33.8 Å². The summed E-state index contributed by atoms with van der Waals surface area (Å²) in [7, 11) is 0. The van der Waals surface area contributed by atoms with E-state index in [-0.39, 0.29) is 16.7 Å². The molecule has 2 aliphatic carbocycles. The first kappa shape index (κ1) is 43.2. The average Bonchev–Trinajstić information content (AvgIpc) is 3.64. The van der Waals surface area contributed by atoms with Crippen LogP contribution in [0.2, 0.25) is 0 Å². The van der Waals surface area contributed by atoms with Gasteiger partial charge in [0.05, 0.1) is 0 Å². The second kappa shape index (κ2) is 16.0. The van der Waals surface area contributed by atoms with E-state index < -0.39 is 0 Å². The van der Waals surface area contributed by atoms with Crippen LogP contribution >= 0.6 is 0 Å². The van der Waals surface area contributed by atoms with Crippen LogP contribution in [0.3, 0.4) is 0 Å². The molecule has 1 nitrogen and oxygen atoms in total. The Labute approximate surface area is 394 Å². The van der Waals surface area contributed by atoms with Crippen molar-refractivity contribution >= 4 is 29.2 Å². The third-order valence-electron chi connectivity index (χ3n) is 15.1. The molecule has 0 saturated carbocycles. The number of fused-ring (bicyclic) bond motifs is 6. The number of anilines is 3. The number of nitrogens with zero attached hydrogens (tertiary/aromatic N) is 1. The summed E-state index contributed by atoms with van der Waals surface area (Å²) >= 11 is 0. The molecule has 10 rings (SSSR count). The molecule has 0 radical (unpaired) electrons. The molecule has 0 unspecified atom stereocenters. The number of aryl methyl sites for hydroxylation is 8. The minimum absolute atomic E-state index is 0.145. The predicted octanol–water partition coefficient (Wildman–Crippen LogP) is 17.6. The van der Waals surface area contributed by atoms with Crippen LogP contribution in [0.15, 0.2) is 146 Å². The van der Waals surface area contributed by atoms with Crippen LogP contribution in [0.4, 0.5) is 17.1 Å². The largest absolute Gasteiger partial charge is 0.310 e. The van der Waals surface area contributed by atoms with Crippen molar-refractivity contribution < 1.29 is 0 Å². The normalized spacial score (nSPS) is 14.1. The van der Waals surface area contributed by atoms with Crippen LogP contribution in [0.25, 0.3) is 34.4 Å². The molecule has 328 valence electrons. The van der Waals surface area contributed by atoms with Crippen molar-refractivity contribution in [2.24, 2.45) is 0 Å². The first-order valence-corrected chi connectivity index (χ1v) is 23.9. The summed E-state index contributed by atoms with van der Waals surface area (Å²) in [6.07, 6.45) is 4.61. The van der Waals surface area contributed by atoms with Gasteiger partial charge >= 0.3 is 0 Å². The molecule has 0 atom stereocenters. The van der Waals surface area contributed by atoms with Crippen molar-refractivity contribution in [2.45, 2.75) is 99.8 Å². The van der Waals surface area contributed by atoms with E-state index in [2.05, 4.69) is 246 Å². The monoisotopic (exact) mass is 857 g/mol. The van der Waals surface area contributed by atoms with Gasteiger partial charge < -0.3 is 4.90 Å². The van der Waals surface area contributed by atoms with Crippen molar-refractivity contribution in [3.63, 3.8) is 0 Å². The molecule has 8 aromatic rings. The van der Waals surface area contributed by atoms with Gasteiger partial charge in [-0.2, -0.15) is 0 Å². The zero-order valence-corrected chi connectivity index (χ0v) is 41.0. The van der Waals surface area contributed by atoms with Gasteiger partial charge in [-0.25, -0.2) is 0 Å². The summed E-state index contributed by atoms with van der Waals surface area (Å²) < 4.78 is 0. The van der Waals surface area contributed by atoms with Gasteiger partial charge in [0.25, 0.3) is 0 Å². The minimum Gasteiger partial charge on any atom is -0.310 e. The van der Waals surface area contributed by atoms with Crippen LogP contribution in [0.1, 0.15) is 128 Å².